The van der Waals surface area contributed by atoms with Gasteiger partial charge in [0.1, 0.15) is 0 Å². The lowest BCUT2D eigenvalue weighted by molar-refractivity contribution is -0.141. The molecule has 0 unspecified atom stereocenters. The van der Waals surface area contributed by atoms with Gasteiger partial charge in [-0.15, -0.1) is 0 Å². The van der Waals surface area contributed by atoms with E-state index in [1.807, 2.05) is 6.92 Å². The lowest BCUT2D eigenvalue weighted by Crippen LogP contribution is -2.47. The minimum atomic E-state index is -1.32. The first-order valence-corrected chi connectivity index (χ1v) is 6.10. The van der Waals surface area contributed by atoms with Crippen LogP contribution in [0.3, 0.4) is 0 Å². The standard InChI is InChI=1S/C12H14BrNO4/c1-6-3-4-8(5-9(6)13)11(16)14-10(7(2)15)12(17)18/h3-5,7,10,15H,1-2H3,(H,14,16)(H,17,18)/t7-,10+/m1/s1. The fourth-order valence-electron chi connectivity index (χ4n) is 1.35. The molecule has 1 aromatic carbocycles. The molecule has 0 aliphatic heterocycles. The summed E-state index contributed by atoms with van der Waals surface area (Å²) in [7, 11) is 0. The van der Waals surface area contributed by atoms with E-state index in [-0.39, 0.29) is 0 Å². The van der Waals surface area contributed by atoms with E-state index in [0.29, 0.717) is 5.56 Å². The number of halogens is 1. The molecule has 0 fully saturated rings. The Kier molecular flexibility index (Phi) is 4.86. The summed E-state index contributed by atoms with van der Waals surface area (Å²) in [6, 6.07) is 3.62. The number of hydrogen-bond donors (Lipinski definition) is 3. The molecule has 0 heterocycles. The number of benzene rings is 1. The lowest BCUT2D eigenvalue weighted by atomic mass is 10.1. The van der Waals surface area contributed by atoms with E-state index < -0.39 is 24.0 Å². The molecular formula is C12H14BrNO4. The number of carbonyl (C=O) groups excluding carboxylic acids is 1. The monoisotopic (exact) mass is 315 g/mol. The quantitative estimate of drug-likeness (QED) is 0.782. The van der Waals surface area contributed by atoms with Crippen molar-refractivity contribution < 1.29 is 19.8 Å². The van der Waals surface area contributed by atoms with Gasteiger partial charge in [0.15, 0.2) is 6.04 Å². The Balaban J connectivity index is 2.87. The summed E-state index contributed by atoms with van der Waals surface area (Å²) in [6.45, 7) is 3.19. The number of nitrogens with one attached hydrogen (secondary N) is 1. The van der Waals surface area contributed by atoms with Crippen molar-refractivity contribution in [3.63, 3.8) is 0 Å². The van der Waals surface area contributed by atoms with Crippen LogP contribution in [-0.2, 0) is 4.79 Å². The van der Waals surface area contributed by atoms with Crippen molar-refractivity contribution in [2.45, 2.75) is 26.0 Å². The zero-order valence-corrected chi connectivity index (χ0v) is 11.6. The molecule has 18 heavy (non-hydrogen) atoms. The Hall–Kier alpha value is -1.40. The SMILES string of the molecule is Cc1ccc(C(=O)N[C@H](C(=O)O)[C@@H](C)O)cc1Br. The van der Waals surface area contributed by atoms with Gasteiger partial charge in [0.2, 0.25) is 0 Å². The number of aliphatic hydroxyl groups is 1. The minimum Gasteiger partial charge on any atom is -0.480 e. The van der Waals surface area contributed by atoms with Gasteiger partial charge in [0.25, 0.3) is 5.91 Å². The van der Waals surface area contributed by atoms with Crippen LogP contribution in [0.25, 0.3) is 0 Å². The van der Waals surface area contributed by atoms with E-state index in [2.05, 4.69) is 21.2 Å². The van der Waals surface area contributed by atoms with Crippen LogP contribution in [0.15, 0.2) is 22.7 Å². The van der Waals surface area contributed by atoms with Crippen molar-refractivity contribution in [2.75, 3.05) is 0 Å². The van der Waals surface area contributed by atoms with E-state index in [4.69, 9.17) is 5.11 Å². The highest BCUT2D eigenvalue weighted by Gasteiger charge is 2.25. The first kappa shape index (κ1) is 14.7. The van der Waals surface area contributed by atoms with Crippen LogP contribution in [0.2, 0.25) is 0 Å². The summed E-state index contributed by atoms with van der Waals surface area (Å²) in [5.41, 5.74) is 1.30. The third-order valence-electron chi connectivity index (χ3n) is 2.47. The molecule has 0 spiro atoms. The maximum atomic E-state index is 11.8. The van der Waals surface area contributed by atoms with Gasteiger partial charge in [-0.25, -0.2) is 4.79 Å². The number of rotatable bonds is 4. The highest BCUT2D eigenvalue weighted by Crippen LogP contribution is 2.17. The predicted octanol–water partition coefficient (Wildman–Crippen LogP) is 1.32. The Morgan fingerprint density at radius 3 is 2.44 bits per heavy atom. The van der Waals surface area contributed by atoms with E-state index >= 15 is 0 Å². The van der Waals surface area contributed by atoms with E-state index in [1.54, 1.807) is 18.2 Å². The van der Waals surface area contributed by atoms with Crippen LogP contribution < -0.4 is 5.32 Å². The van der Waals surface area contributed by atoms with Gasteiger partial charge in [0, 0.05) is 10.0 Å². The Morgan fingerprint density at radius 1 is 1.39 bits per heavy atom. The molecule has 0 aromatic heterocycles. The second-order valence-corrected chi connectivity index (χ2v) is 4.85. The van der Waals surface area contributed by atoms with Crippen molar-refractivity contribution in [2.24, 2.45) is 0 Å². The minimum absolute atomic E-state index is 0.333. The van der Waals surface area contributed by atoms with Crippen LogP contribution >= 0.6 is 15.9 Å². The van der Waals surface area contributed by atoms with Crippen LogP contribution in [0.4, 0.5) is 0 Å². The molecule has 1 rings (SSSR count). The summed E-state index contributed by atoms with van der Waals surface area (Å²) in [5.74, 6) is -1.81. The molecule has 0 bridgehead atoms. The molecule has 0 saturated heterocycles. The fourth-order valence-corrected chi connectivity index (χ4v) is 1.73. The van der Waals surface area contributed by atoms with Crippen molar-refractivity contribution >= 4 is 27.8 Å². The number of hydrogen-bond acceptors (Lipinski definition) is 3. The number of carboxylic acid groups (broad SMARTS) is 1. The molecule has 0 aliphatic rings. The summed E-state index contributed by atoms with van der Waals surface area (Å²) in [6.07, 6.45) is -1.17. The maximum absolute atomic E-state index is 11.8. The number of aliphatic hydroxyl groups excluding tert-OH is 1. The number of aliphatic carboxylic acids is 1. The van der Waals surface area contributed by atoms with Crippen LogP contribution in [-0.4, -0.2) is 34.2 Å². The summed E-state index contributed by atoms with van der Waals surface area (Å²) >= 11 is 3.29. The van der Waals surface area contributed by atoms with Gasteiger partial charge in [-0.1, -0.05) is 22.0 Å². The molecular weight excluding hydrogens is 302 g/mol. The summed E-state index contributed by atoms with van der Waals surface area (Å²) < 4.78 is 0.763. The molecule has 1 aromatic rings. The van der Waals surface area contributed by atoms with Gasteiger partial charge in [-0.05, 0) is 31.5 Å². The first-order valence-electron chi connectivity index (χ1n) is 5.31. The average Bonchev–Trinajstić information content (AvgIpc) is 2.28. The first-order chi connectivity index (χ1) is 8.32. The molecule has 6 heteroatoms. The van der Waals surface area contributed by atoms with Crippen molar-refractivity contribution in [1.29, 1.82) is 0 Å². The Labute approximate surface area is 113 Å². The number of carboxylic acids is 1. The molecule has 0 saturated carbocycles. The highest BCUT2D eigenvalue weighted by atomic mass is 79.9. The van der Waals surface area contributed by atoms with Gasteiger partial charge >= 0.3 is 5.97 Å². The molecule has 5 nitrogen and oxygen atoms in total. The molecule has 2 atom stereocenters. The Bertz CT molecular complexity index is 473. The zero-order chi connectivity index (χ0) is 13.9. The third-order valence-corrected chi connectivity index (χ3v) is 3.32. The molecule has 0 aliphatic carbocycles. The molecule has 0 radical (unpaired) electrons. The summed E-state index contributed by atoms with van der Waals surface area (Å²) in [5, 5.41) is 20.4. The van der Waals surface area contributed by atoms with Gasteiger partial charge < -0.3 is 15.5 Å². The van der Waals surface area contributed by atoms with Gasteiger partial charge in [0.05, 0.1) is 6.10 Å². The van der Waals surface area contributed by atoms with E-state index in [9.17, 15) is 14.7 Å². The van der Waals surface area contributed by atoms with Crippen molar-refractivity contribution in [3.05, 3.63) is 33.8 Å². The molecule has 3 N–H and O–H groups in total. The second kappa shape index (κ2) is 5.97. The lowest BCUT2D eigenvalue weighted by Gasteiger charge is -2.17. The largest absolute Gasteiger partial charge is 0.480 e. The fraction of sp³-hybridized carbons (Fsp3) is 0.333. The molecule has 98 valence electrons. The topological polar surface area (TPSA) is 86.6 Å². The predicted molar refractivity (Wildman–Crippen MR) is 69.4 cm³/mol. The van der Waals surface area contributed by atoms with Crippen LogP contribution in [0.1, 0.15) is 22.8 Å². The number of amides is 1. The average molecular weight is 316 g/mol. The smallest absolute Gasteiger partial charge is 0.328 e. The Morgan fingerprint density at radius 2 is 2.00 bits per heavy atom. The van der Waals surface area contributed by atoms with Crippen molar-refractivity contribution in [3.8, 4) is 0 Å². The zero-order valence-electron chi connectivity index (χ0n) is 9.98. The van der Waals surface area contributed by atoms with E-state index in [0.717, 1.165) is 10.0 Å². The van der Waals surface area contributed by atoms with Crippen LogP contribution in [0.5, 0.6) is 0 Å². The maximum Gasteiger partial charge on any atom is 0.328 e. The second-order valence-electron chi connectivity index (χ2n) is 3.99. The number of aryl methyl sites for hydroxylation is 1. The van der Waals surface area contributed by atoms with Crippen LogP contribution in [0, 0.1) is 6.92 Å². The normalized spacial score (nSPS) is 13.8. The van der Waals surface area contributed by atoms with E-state index in [1.165, 1.54) is 6.92 Å². The summed E-state index contributed by atoms with van der Waals surface area (Å²) in [4.78, 5) is 22.7. The third kappa shape index (κ3) is 3.54. The number of carbonyl (C=O) groups is 2. The highest BCUT2D eigenvalue weighted by molar-refractivity contribution is 9.10. The van der Waals surface area contributed by atoms with Gasteiger partial charge in [-0.3, -0.25) is 4.79 Å². The van der Waals surface area contributed by atoms with Crippen molar-refractivity contribution in [1.82, 2.24) is 5.32 Å². The molecule has 1 amide bonds. The van der Waals surface area contributed by atoms with Gasteiger partial charge in [-0.2, -0.15) is 0 Å².